The number of aliphatic hydroxyl groups excluding tert-OH is 1. The van der Waals surface area contributed by atoms with Crippen LogP contribution in [0.3, 0.4) is 0 Å². The van der Waals surface area contributed by atoms with Gasteiger partial charge in [0.2, 0.25) is 0 Å². The lowest BCUT2D eigenvalue weighted by Crippen LogP contribution is -2.32. The molecule has 21 heavy (non-hydrogen) atoms. The van der Waals surface area contributed by atoms with E-state index in [-0.39, 0.29) is 6.61 Å². The highest BCUT2D eigenvalue weighted by Gasteiger charge is 2.07. The lowest BCUT2D eigenvalue weighted by atomic mass is 10.2. The Bertz CT molecular complexity index is 376. The predicted octanol–water partition coefficient (Wildman–Crippen LogP) is 2.56. The van der Waals surface area contributed by atoms with Crippen LogP contribution in [0.25, 0.3) is 0 Å². The van der Waals surface area contributed by atoms with E-state index >= 15 is 0 Å². The number of unbranched alkanes of at least 4 members (excludes halogenated alkanes) is 2. The van der Waals surface area contributed by atoms with Gasteiger partial charge in [0.1, 0.15) is 12.7 Å². The highest BCUT2D eigenvalue weighted by atomic mass is 32.2. The third-order valence-corrected chi connectivity index (χ3v) is 3.78. The van der Waals surface area contributed by atoms with Crippen molar-refractivity contribution in [2.75, 3.05) is 38.8 Å². The summed E-state index contributed by atoms with van der Waals surface area (Å²) in [4.78, 5) is 0. The average Bonchev–Trinajstić information content (AvgIpc) is 2.52. The van der Waals surface area contributed by atoms with Crippen LogP contribution in [0.15, 0.2) is 24.3 Å². The minimum Gasteiger partial charge on any atom is -0.493 e. The van der Waals surface area contributed by atoms with E-state index in [1.165, 1.54) is 18.6 Å². The summed E-state index contributed by atoms with van der Waals surface area (Å²) < 4.78 is 10.8. The Kier molecular flexibility index (Phi) is 10.1. The van der Waals surface area contributed by atoms with Gasteiger partial charge >= 0.3 is 0 Å². The topological polar surface area (TPSA) is 50.7 Å². The van der Waals surface area contributed by atoms with Crippen molar-refractivity contribution in [2.45, 2.75) is 25.4 Å². The number of thioether (sulfide) groups is 1. The van der Waals surface area contributed by atoms with Crippen molar-refractivity contribution in [1.29, 1.82) is 0 Å². The third kappa shape index (κ3) is 8.19. The summed E-state index contributed by atoms with van der Waals surface area (Å²) in [6.45, 7) is 1.76. The fourth-order valence-electron chi connectivity index (χ4n) is 1.92. The van der Waals surface area contributed by atoms with Gasteiger partial charge in [0.15, 0.2) is 11.5 Å². The van der Waals surface area contributed by atoms with Gasteiger partial charge in [0, 0.05) is 6.54 Å². The molecular formula is C16H27NO3S. The summed E-state index contributed by atoms with van der Waals surface area (Å²) in [5.41, 5.74) is 0. The zero-order chi connectivity index (χ0) is 15.3. The standard InChI is InChI=1S/C16H27NO3S/c1-19-15-8-4-5-9-16(15)20-13-14(18)12-17-10-6-3-7-11-21-2/h4-5,8-9,14,17-18H,3,6-7,10-13H2,1-2H3. The lowest BCUT2D eigenvalue weighted by Gasteiger charge is -2.15. The Labute approximate surface area is 132 Å². The fourth-order valence-corrected chi connectivity index (χ4v) is 2.42. The second-order valence-electron chi connectivity index (χ2n) is 4.87. The van der Waals surface area contributed by atoms with Gasteiger partial charge in [-0.2, -0.15) is 11.8 Å². The molecule has 0 saturated heterocycles. The van der Waals surface area contributed by atoms with Crippen LogP contribution >= 0.6 is 11.8 Å². The summed E-state index contributed by atoms with van der Waals surface area (Å²) >= 11 is 1.89. The molecule has 0 heterocycles. The smallest absolute Gasteiger partial charge is 0.161 e. The molecule has 1 aromatic rings. The normalized spacial score (nSPS) is 12.1. The average molecular weight is 313 g/mol. The van der Waals surface area contributed by atoms with E-state index < -0.39 is 6.10 Å². The van der Waals surface area contributed by atoms with E-state index in [0.29, 0.717) is 18.0 Å². The van der Waals surface area contributed by atoms with E-state index in [2.05, 4.69) is 11.6 Å². The van der Waals surface area contributed by atoms with Crippen LogP contribution in [0.1, 0.15) is 19.3 Å². The molecule has 0 bridgehead atoms. The number of nitrogens with one attached hydrogen (secondary N) is 1. The molecule has 0 aliphatic heterocycles. The minimum absolute atomic E-state index is 0.264. The van der Waals surface area contributed by atoms with Gasteiger partial charge in [0.25, 0.3) is 0 Å². The highest BCUT2D eigenvalue weighted by Crippen LogP contribution is 2.25. The van der Waals surface area contributed by atoms with Crippen LogP contribution in [-0.4, -0.2) is 50.0 Å². The summed E-state index contributed by atoms with van der Waals surface area (Å²) in [6.07, 6.45) is 5.28. The number of benzene rings is 1. The minimum atomic E-state index is -0.513. The van der Waals surface area contributed by atoms with Crippen LogP contribution in [0, 0.1) is 0 Å². The molecule has 0 radical (unpaired) electrons. The summed E-state index contributed by atoms with van der Waals surface area (Å²) in [5.74, 6) is 2.58. The SMILES string of the molecule is COc1ccccc1OCC(O)CNCCCCCSC. The fraction of sp³-hybridized carbons (Fsp3) is 0.625. The first-order valence-electron chi connectivity index (χ1n) is 7.41. The first-order chi connectivity index (χ1) is 10.3. The van der Waals surface area contributed by atoms with E-state index in [1.54, 1.807) is 7.11 Å². The van der Waals surface area contributed by atoms with Crippen LogP contribution in [-0.2, 0) is 0 Å². The Balaban J connectivity index is 2.09. The molecule has 0 amide bonds. The number of methoxy groups -OCH3 is 1. The lowest BCUT2D eigenvalue weighted by molar-refractivity contribution is 0.105. The molecule has 4 nitrogen and oxygen atoms in total. The van der Waals surface area contributed by atoms with E-state index in [9.17, 15) is 5.11 Å². The maximum Gasteiger partial charge on any atom is 0.161 e. The number of hydrogen-bond donors (Lipinski definition) is 2. The van der Waals surface area contributed by atoms with Gasteiger partial charge < -0.3 is 19.9 Å². The zero-order valence-electron chi connectivity index (χ0n) is 13.0. The van der Waals surface area contributed by atoms with Crippen LogP contribution in [0.2, 0.25) is 0 Å². The maximum atomic E-state index is 9.88. The van der Waals surface area contributed by atoms with Gasteiger partial charge in [-0.25, -0.2) is 0 Å². The van der Waals surface area contributed by atoms with Crippen molar-refractivity contribution in [2.24, 2.45) is 0 Å². The first kappa shape index (κ1) is 18.1. The first-order valence-corrected chi connectivity index (χ1v) is 8.81. The van der Waals surface area contributed by atoms with Crippen LogP contribution in [0.5, 0.6) is 11.5 Å². The van der Waals surface area contributed by atoms with E-state index in [0.717, 1.165) is 13.0 Å². The molecule has 0 spiro atoms. The van der Waals surface area contributed by atoms with Crippen molar-refractivity contribution in [1.82, 2.24) is 5.32 Å². The predicted molar refractivity (Wildman–Crippen MR) is 89.6 cm³/mol. The molecule has 0 saturated carbocycles. The Morgan fingerprint density at radius 1 is 1.19 bits per heavy atom. The molecule has 120 valence electrons. The zero-order valence-corrected chi connectivity index (χ0v) is 13.8. The second kappa shape index (κ2) is 11.7. The highest BCUT2D eigenvalue weighted by molar-refractivity contribution is 7.98. The van der Waals surface area contributed by atoms with Gasteiger partial charge in [-0.15, -0.1) is 0 Å². The Morgan fingerprint density at radius 2 is 1.95 bits per heavy atom. The van der Waals surface area contributed by atoms with Gasteiger partial charge in [-0.3, -0.25) is 0 Å². The maximum absolute atomic E-state index is 9.88. The molecule has 5 heteroatoms. The van der Waals surface area contributed by atoms with E-state index in [4.69, 9.17) is 9.47 Å². The summed E-state index contributed by atoms with van der Waals surface area (Å²) in [5, 5.41) is 13.1. The number of aliphatic hydroxyl groups is 1. The molecule has 0 aliphatic carbocycles. The van der Waals surface area contributed by atoms with Gasteiger partial charge in [-0.05, 0) is 43.5 Å². The number of ether oxygens (including phenoxy) is 2. The molecule has 0 aliphatic rings. The Hall–Kier alpha value is -0.910. The second-order valence-corrected chi connectivity index (χ2v) is 5.86. The van der Waals surface area contributed by atoms with Crippen molar-refractivity contribution >= 4 is 11.8 Å². The summed E-state index contributed by atoms with van der Waals surface area (Å²) in [6, 6.07) is 7.46. The van der Waals surface area contributed by atoms with Gasteiger partial charge in [-0.1, -0.05) is 18.6 Å². The number of rotatable bonds is 12. The van der Waals surface area contributed by atoms with Crippen molar-refractivity contribution in [3.05, 3.63) is 24.3 Å². The third-order valence-electron chi connectivity index (χ3n) is 3.08. The molecule has 0 fully saturated rings. The molecule has 2 N–H and O–H groups in total. The number of hydrogen-bond acceptors (Lipinski definition) is 5. The van der Waals surface area contributed by atoms with Crippen molar-refractivity contribution in [3.63, 3.8) is 0 Å². The van der Waals surface area contributed by atoms with Gasteiger partial charge in [0.05, 0.1) is 7.11 Å². The monoisotopic (exact) mass is 313 g/mol. The molecule has 1 atom stereocenters. The molecule has 1 rings (SSSR count). The van der Waals surface area contributed by atoms with Crippen LogP contribution < -0.4 is 14.8 Å². The molecule has 1 unspecified atom stereocenters. The quantitative estimate of drug-likeness (QED) is 0.581. The Morgan fingerprint density at radius 3 is 2.67 bits per heavy atom. The molecule has 1 aromatic carbocycles. The molecule has 0 aromatic heterocycles. The molecular weight excluding hydrogens is 286 g/mol. The van der Waals surface area contributed by atoms with Crippen molar-refractivity contribution < 1.29 is 14.6 Å². The summed E-state index contributed by atoms with van der Waals surface area (Å²) in [7, 11) is 1.61. The largest absolute Gasteiger partial charge is 0.493 e. The van der Waals surface area contributed by atoms with E-state index in [1.807, 2.05) is 36.0 Å². The number of para-hydroxylation sites is 2. The van der Waals surface area contributed by atoms with Crippen LogP contribution in [0.4, 0.5) is 0 Å². The van der Waals surface area contributed by atoms with Crippen molar-refractivity contribution in [3.8, 4) is 11.5 Å².